The zero-order chi connectivity index (χ0) is 22.3. The van der Waals surface area contributed by atoms with Crippen LogP contribution in [0.3, 0.4) is 0 Å². The van der Waals surface area contributed by atoms with Gasteiger partial charge in [0.15, 0.2) is 0 Å². The number of benzene rings is 1. The molecule has 6 heteroatoms. The molecule has 2 aliphatic rings. The van der Waals surface area contributed by atoms with Gasteiger partial charge in [0.05, 0.1) is 12.6 Å². The molecule has 3 heterocycles. The first-order valence-electron chi connectivity index (χ1n) is 12.3. The largest absolute Gasteiger partial charge is 0.495 e. The summed E-state index contributed by atoms with van der Waals surface area (Å²) in [5.41, 5.74) is 1.07. The summed E-state index contributed by atoms with van der Waals surface area (Å²) in [6.07, 6.45) is 9.92. The van der Waals surface area contributed by atoms with Gasteiger partial charge in [-0.05, 0) is 63.2 Å². The lowest BCUT2D eigenvalue weighted by Gasteiger charge is -2.45. The average Bonchev–Trinajstić information content (AvgIpc) is 3.25. The van der Waals surface area contributed by atoms with E-state index in [2.05, 4.69) is 32.7 Å². The normalized spacial score (nSPS) is 21.4. The highest BCUT2D eigenvalue weighted by atomic mass is 16.5. The van der Waals surface area contributed by atoms with Crippen LogP contribution in [0.2, 0.25) is 0 Å². The topological polar surface area (TPSA) is 46.9 Å². The fourth-order valence-electron chi connectivity index (χ4n) is 5.74. The molecule has 4 rings (SSSR count). The molecule has 1 amide bonds. The molecule has 2 aliphatic heterocycles. The van der Waals surface area contributed by atoms with Gasteiger partial charge in [0.1, 0.15) is 5.75 Å². The Morgan fingerprint density at radius 1 is 1.12 bits per heavy atom. The van der Waals surface area contributed by atoms with Gasteiger partial charge in [0.2, 0.25) is 5.91 Å². The summed E-state index contributed by atoms with van der Waals surface area (Å²) < 4.78 is 13.0. The SMILES string of the molecule is COCCCN(C[C@H]1CCCN2CCCC[C@H]12)C(=O)CCn1ccc2cccc(OC)c21. The van der Waals surface area contributed by atoms with Crippen molar-refractivity contribution in [1.29, 1.82) is 0 Å². The minimum absolute atomic E-state index is 0.255. The van der Waals surface area contributed by atoms with Gasteiger partial charge in [-0.2, -0.15) is 0 Å². The summed E-state index contributed by atoms with van der Waals surface area (Å²) in [7, 11) is 3.44. The van der Waals surface area contributed by atoms with Gasteiger partial charge in [-0.1, -0.05) is 18.6 Å². The second-order valence-electron chi connectivity index (χ2n) is 9.34. The highest BCUT2D eigenvalue weighted by Gasteiger charge is 2.34. The van der Waals surface area contributed by atoms with E-state index in [4.69, 9.17) is 9.47 Å². The number of hydrogen-bond acceptors (Lipinski definition) is 4. The third-order valence-electron chi connectivity index (χ3n) is 7.35. The third-order valence-corrected chi connectivity index (χ3v) is 7.35. The maximum atomic E-state index is 13.4. The molecule has 0 bridgehead atoms. The Kier molecular flexibility index (Phi) is 8.09. The number of amides is 1. The highest BCUT2D eigenvalue weighted by molar-refractivity contribution is 5.86. The molecule has 1 aromatic heterocycles. The van der Waals surface area contributed by atoms with E-state index in [1.165, 1.54) is 45.2 Å². The Morgan fingerprint density at radius 2 is 2.00 bits per heavy atom. The average molecular weight is 442 g/mol. The number of piperidine rings is 2. The van der Waals surface area contributed by atoms with E-state index in [-0.39, 0.29) is 5.91 Å². The number of ether oxygens (including phenoxy) is 2. The van der Waals surface area contributed by atoms with Gasteiger partial charge < -0.3 is 23.8 Å². The monoisotopic (exact) mass is 441 g/mol. The Balaban J connectivity index is 1.42. The molecule has 1 aromatic carbocycles. The van der Waals surface area contributed by atoms with Crippen molar-refractivity contribution < 1.29 is 14.3 Å². The molecule has 0 radical (unpaired) electrons. The van der Waals surface area contributed by atoms with E-state index in [9.17, 15) is 4.79 Å². The second kappa shape index (κ2) is 11.2. The molecule has 2 saturated heterocycles. The van der Waals surface area contributed by atoms with Crippen molar-refractivity contribution >= 4 is 16.8 Å². The van der Waals surface area contributed by atoms with Crippen LogP contribution in [-0.4, -0.2) is 73.3 Å². The number of rotatable bonds is 10. The number of methoxy groups -OCH3 is 2. The zero-order valence-corrected chi connectivity index (χ0v) is 19.8. The van der Waals surface area contributed by atoms with Crippen LogP contribution in [0.1, 0.15) is 44.9 Å². The number of aromatic nitrogens is 1. The van der Waals surface area contributed by atoms with E-state index in [1.807, 2.05) is 12.1 Å². The number of carbonyl (C=O) groups excluding carboxylic acids is 1. The minimum atomic E-state index is 0.255. The third kappa shape index (κ3) is 5.29. The predicted molar refractivity (Wildman–Crippen MR) is 128 cm³/mol. The lowest BCUT2D eigenvalue weighted by molar-refractivity contribution is -0.133. The van der Waals surface area contributed by atoms with Crippen molar-refractivity contribution in [3.8, 4) is 5.75 Å². The number of aryl methyl sites for hydroxylation is 1. The van der Waals surface area contributed by atoms with Crippen LogP contribution in [0.15, 0.2) is 30.5 Å². The van der Waals surface area contributed by atoms with Crippen molar-refractivity contribution in [2.24, 2.45) is 5.92 Å². The van der Waals surface area contributed by atoms with Crippen LogP contribution in [0.25, 0.3) is 10.9 Å². The standard InChI is InChI=1S/C26H39N3O3/c1-31-19-7-16-29(20-22-9-6-15-27-14-4-3-10-23(22)27)25(30)13-18-28-17-12-21-8-5-11-24(32-2)26(21)28/h5,8,11-12,17,22-23H,3-4,6-7,9-10,13-16,18-20H2,1-2H3/t22-,23-/m1/s1. The van der Waals surface area contributed by atoms with E-state index in [0.29, 0.717) is 31.5 Å². The first kappa shape index (κ1) is 23.1. The van der Waals surface area contributed by atoms with E-state index in [0.717, 1.165) is 36.2 Å². The molecule has 2 fully saturated rings. The molecule has 0 unspecified atom stereocenters. The van der Waals surface area contributed by atoms with Gasteiger partial charge >= 0.3 is 0 Å². The Labute approximate surface area is 192 Å². The van der Waals surface area contributed by atoms with Crippen molar-refractivity contribution in [3.05, 3.63) is 30.5 Å². The fraction of sp³-hybridized carbons (Fsp3) is 0.654. The Hall–Kier alpha value is -2.05. The highest BCUT2D eigenvalue weighted by Crippen LogP contribution is 2.32. The lowest BCUT2D eigenvalue weighted by Crippen LogP contribution is -2.51. The molecule has 0 saturated carbocycles. The van der Waals surface area contributed by atoms with Crippen molar-refractivity contribution in [1.82, 2.24) is 14.4 Å². The van der Waals surface area contributed by atoms with E-state index >= 15 is 0 Å². The van der Waals surface area contributed by atoms with Crippen LogP contribution >= 0.6 is 0 Å². The van der Waals surface area contributed by atoms with Crippen molar-refractivity contribution in [3.63, 3.8) is 0 Å². The number of carbonyl (C=O) groups is 1. The fourth-order valence-corrected chi connectivity index (χ4v) is 5.74. The van der Waals surface area contributed by atoms with Crippen LogP contribution in [0.4, 0.5) is 0 Å². The van der Waals surface area contributed by atoms with Gasteiger partial charge in [-0.25, -0.2) is 0 Å². The van der Waals surface area contributed by atoms with Crippen LogP contribution in [0, 0.1) is 5.92 Å². The summed E-state index contributed by atoms with van der Waals surface area (Å²) in [5, 5.41) is 1.15. The molecule has 0 spiro atoms. The number of nitrogens with zero attached hydrogens (tertiary/aromatic N) is 3. The smallest absolute Gasteiger partial charge is 0.224 e. The van der Waals surface area contributed by atoms with Gasteiger partial charge in [-0.15, -0.1) is 0 Å². The molecule has 2 atom stereocenters. The maximum Gasteiger partial charge on any atom is 0.224 e. The molecular weight excluding hydrogens is 402 g/mol. The Bertz CT molecular complexity index is 878. The molecule has 2 aromatic rings. The number of hydrogen-bond donors (Lipinski definition) is 0. The summed E-state index contributed by atoms with van der Waals surface area (Å²) in [5.74, 6) is 1.71. The molecule has 0 aliphatic carbocycles. The maximum absolute atomic E-state index is 13.4. The first-order chi connectivity index (χ1) is 15.7. The van der Waals surface area contributed by atoms with Crippen LogP contribution < -0.4 is 4.74 Å². The summed E-state index contributed by atoms with van der Waals surface area (Å²) in [6.45, 7) is 5.51. The molecule has 176 valence electrons. The lowest BCUT2D eigenvalue weighted by atomic mass is 9.83. The molecule has 32 heavy (non-hydrogen) atoms. The van der Waals surface area contributed by atoms with Gasteiger partial charge in [0, 0.05) is 57.4 Å². The van der Waals surface area contributed by atoms with E-state index in [1.54, 1.807) is 14.2 Å². The molecule has 6 nitrogen and oxygen atoms in total. The minimum Gasteiger partial charge on any atom is -0.495 e. The van der Waals surface area contributed by atoms with Crippen LogP contribution in [0.5, 0.6) is 5.75 Å². The van der Waals surface area contributed by atoms with Gasteiger partial charge in [-0.3, -0.25) is 4.79 Å². The van der Waals surface area contributed by atoms with E-state index < -0.39 is 0 Å². The van der Waals surface area contributed by atoms with Gasteiger partial charge in [0.25, 0.3) is 0 Å². The van der Waals surface area contributed by atoms with Crippen molar-refractivity contribution in [2.75, 3.05) is 47.0 Å². The van der Waals surface area contributed by atoms with Crippen LogP contribution in [-0.2, 0) is 16.1 Å². The summed E-state index contributed by atoms with van der Waals surface area (Å²) >= 11 is 0. The number of fused-ring (bicyclic) bond motifs is 2. The zero-order valence-electron chi connectivity index (χ0n) is 19.8. The predicted octanol–water partition coefficient (Wildman–Crippen LogP) is 4.17. The second-order valence-corrected chi connectivity index (χ2v) is 9.34. The summed E-state index contributed by atoms with van der Waals surface area (Å²) in [4.78, 5) is 18.2. The Morgan fingerprint density at radius 3 is 2.84 bits per heavy atom. The summed E-state index contributed by atoms with van der Waals surface area (Å²) in [6, 6.07) is 8.83. The quantitative estimate of drug-likeness (QED) is 0.519. The molecule has 0 N–H and O–H groups in total. The first-order valence-corrected chi connectivity index (χ1v) is 12.3. The molecular formula is C26H39N3O3. The number of para-hydroxylation sites is 1. The van der Waals surface area contributed by atoms with Crippen molar-refractivity contribution in [2.45, 2.75) is 57.5 Å².